The second-order valence-electron chi connectivity index (χ2n) is 43.3. The van der Waals surface area contributed by atoms with E-state index >= 15 is 28.8 Å². The van der Waals surface area contributed by atoms with E-state index in [-0.39, 0.29) is 67.9 Å². The molecule has 18 nitrogen and oxygen atoms in total. The van der Waals surface area contributed by atoms with Crippen LogP contribution in [-0.2, 0) is 93.4 Å². The van der Waals surface area contributed by atoms with Crippen molar-refractivity contribution in [1.29, 1.82) is 0 Å². The van der Waals surface area contributed by atoms with E-state index in [1.54, 1.807) is 0 Å². The molecule has 0 aromatic heterocycles. The normalized spacial score (nSPS) is 14.3. The van der Waals surface area contributed by atoms with Crippen molar-refractivity contribution >= 4 is 35.8 Å². The average Bonchev–Trinajstić information content (AvgIpc) is 0.802. The van der Waals surface area contributed by atoms with E-state index in [9.17, 15) is 30.6 Å². The summed E-state index contributed by atoms with van der Waals surface area (Å²) in [6, 6.07) is 17.5. The SMILES string of the molecule is CC(C)(C)c1cc(C(=O)OC[C@H](OC(=O)c2cc(C(C)(C)C)c(O)c(C(C)(C)C)c2)[C@@H](OC(=O)c2cc(C(C)(C)C)c(O)c(C(C)(C)C)c2)[C@H](OC(=O)c2cc(C(C)(C)C)c(O)c(C(C)(C)C)c2)[C@@H](COC(=O)c2cc(C(C)(C)C)c(O)c(C(C)(C)C)c2)OC(=O)c2cc(C(C)(C)C)c(O)c(C(C)(C)C)c2)cc(C(C)(C)C)c1O. The summed E-state index contributed by atoms with van der Waals surface area (Å²) in [7, 11) is 0. The lowest BCUT2D eigenvalue weighted by molar-refractivity contribution is -0.138. The second-order valence-corrected chi connectivity index (χ2v) is 43.3. The van der Waals surface area contributed by atoms with E-state index in [1.807, 2.05) is 249 Å². The third-order valence-corrected chi connectivity index (χ3v) is 20.6. The second kappa shape index (κ2) is 32.2. The number of benzene rings is 6. The molecule has 0 amide bonds. The summed E-state index contributed by atoms with van der Waals surface area (Å²) in [5.41, 5.74) is -6.60. The van der Waals surface area contributed by atoms with Crippen molar-refractivity contribution in [1.82, 2.24) is 0 Å². The highest BCUT2D eigenvalue weighted by molar-refractivity contribution is 5.95. The highest BCUT2D eigenvalue weighted by Crippen LogP contribution is 2.48. The highest BCUT2D eigenvalue weighted by Gasteiger charge is 2.49. The smallest absolute Gasteiger partial charge is 0.338 e. The van der Waals surface area contributed by atoms with Crippen LogP contribution in [0.4, 0.5) is 0 Å². The molecule has 4 atom stereocenters. The largest absolute Gasteiger partial charge is 0.507 e. The number of carbonyl (C=O) groups is 6. The van der Waals surface area contributed by atoms with Crippen molar-refractivity contribution in [3.05, 3.63) is 173 Å². The van der Waals surface area contributed by atoms with E-state index in [1.165, 1.54) is 72.8 Å². The first kappa shape index (κ1) is 93.8. The van der Waals surface area contributed by atoms with Crippen LogP contribution >= 0.6 is 0 Å². The molecule has 0 aliphatic heterocycles. The number of aromatic hydroxyl groups is 6. The van der Waals surface area contributed by atoms with Gasteiger partial charge in [0, 0.05) is 66.8 Å². The Hall–Kier alpha value is -9.06. The Labute approximate surface area is 679 Å². The van der Waals surface area contributed by atoms with Crippen LogP contribution in [0.2, 0.25) is 0 Å². The van der Waals surface area contributed by atoms with Gasteiger partial charge in [0.25, 0.3) is 0 Å². The zero-order chi connectivity index (χ0) is 87.8. The molecule has 0 bridgehead atoms. The predicted molar refractivity (Wildman–Crippen MR) is 450 cm³/mol. The van der Waals surface area contributed by atoms with Gasteiger partial charge in [-0.05, 0) is 138 Å². The molecule has 6 aromatic rings. The maximum Gasteiger partial charge on any atom is 0.338 e. The Balaban J connectivity index is 1.93. The summed E-state index contributed by atoms with van der Waals surface area (Å²) in [4.78, 5) is 96.4. The topological polar surface area (TPSA) is 279 Å². The molecule has 114 heavy (non-hydrogen) atoms. The lowest BCUT2D eigenvalue weighted by atomic mass is 9.78. The molecular formula is C96H134O18. The van der Waals surface area contributed by atoms with Crippen molar-refractivity contribution in [2.45, 2.75) is 339 Å². The molecule has 18 heteroatoms. The minimum absolute atomic E-state index is 0.0583. The zero-order valence-corrected chi connectivity index (χ0v) is 75.2. The summed E-state index contributed by atoms with van der Waals surface area (Å²) < 4.78 is 40.6. The molecule has 0 saturated heterocycles. The van der Waals surface area contributed by atoms with Crippen LogP contribution in [0.5, 0.6) is 34.5 Å². The van der Waals surface area contributed by atoms with Gasteiger partial charge in [-0.2, -0.15) is 0 Å². The van der Waals surface area contributed by atoms with Gasteiger partial charge in [-0.1, -0.05) is 249 Å². The Kier molecular flexibility index (Phi) is 26.5. The van der Waals surface area contributed by atoms with E-state index in [0.717, 1.165) is 0 Å². The van der Waals surface area contributed by atoms with Gasteiger partial charge >= 0.3 is 35.8 Å². The summed E-state index contributed by atoms with van der Waals surface area (Å²) in [6.45, 7) is 64.3. The number of carbonyl (C=O) groups excluding carboxylic acids is 6. The van der Waals surface area contributed by atoms with Crippen LogP contribution in [0.3, 0.4) is 0 Å². The number of phenols is 6. The van der Waals surface area contributed by atoms with Gasteiger partial charge in [-0.25, -0.2) is 28.8 Å². The predicted octanol–water partition coefficient (Wildman–Crippen LogP) is 21.4. The number of esters is 6. The van der Waals surface area contributed by atoms with E-state index in [4.69, 9.17) is 28.4 Å². The first-order valence-electron chi connectivity index (χ1n) is 39.6. The fraction of sp³-hybridized carbons (Fsp3) is 0.562. The zero-order valence-electron chi connectivity index (χ0n) is 75.2. The Bertz CT molecular complexity index is 4140. The van der Waals surface area contributed by atoms with Crippen molar-refractivity contribution in [3.63, 3.8) is 0 Å². The Morgan fingerprint density at radius 1 is 0.211 bits per heavy atom. The van der Waals surface area contributed by atoms with Gasteiger partial charge < -0.3 is 59.1 Å². The molecule has 626 valence electrons. The molecule has 6 aromatic carbocycles. The molecule has 0 radical (unpaired) electrons. The molecule has 0 unspecified atom stereocenters. The third-order valence-electron chi connectivity index (χ3n) is 20.6. The summed E-state index contributed by atoms with van der Waals surface area (Å²) in [5, 5.41) is 72.7. The van der Waals surface area contributed by atoms with Crippen molar-refractivity contribution in [2.75, 3.05) is 13.2 Å². The Morgan fingerprint density at radius 2 is 0.325 bits per heavy atom. The lowest BCUT2D eigenvalue weighted by Crippen LogP contribution is -2.55. The fourth-order valence-electron chi connectivity index (χ4n) is 13.8. The van der Waals surface area contributed by atoms with Crippen molar-refractivity contribution in [2.24, 2.45) is 0 Å². The summed E-state index contributed by atoms with van der Waals surface area (Å²) >= 11 is 0. The maximum absolute atomic E-state index is 16.5. The van der Waals surface area contributed by atoms with Gasteiger partial charge in [0.05, 0.1) is 33.4 Å². The minimum atomic E-state index is -2.39. The van der Waals surface area contributed by atoms with Gasteiger partial charge in [0.15, 0.2) is 24.4 Å². The van der Waals surface area contributed by atoms with Gasteiger partial charge in [-0.15, -0.1) is 0 Å². The van der Waals surface area contributed by atoms with Gasteiger partial charge in [-0.3, -0.25) is 0 Å². The molecule has 0 saturated carbocycles. The van der Waals surface area contributed by atoms with Crippen molar-refractivity contribution in [3.8, 4) is 34.5 Å². The molecule has 0 aliphatic carbocycles. The summed E-state index contributed by atoms with van der Waals surface area (Å²) in [6.07, 6.45) is -9.20. The number of hydrogen-bond donors (Lipinski definition) is 6. The van der Waals surface area contributed by atoms with E-state index < -0.39 is 138 Å². The van der Waals surface area contributed by atoms with Crippen LogP contribution < -0.4 is 0 Å². The minimum Gasteiger partial charge on any atom is -0.507 e. The third kappa shape index (κ3) is 21.9. The Morgan fingerprint density at radius 3 is 0.447 bits per heavy atom. The molecule has 0 fully saturated rings. The van der Waals surface area contributed by atoms with E-state index in [0.29, 0.717) is 66.8 Å². The summed E-state index contributed by atoms with van der Waals surface area (Å²) in [5.74, 6) is -7.36. The fourth-order valence-corrected chi connectivity index (χ4v) is 13.8. The quantitative estimate of drug-likeness (QED) is 0.0366. The molecule has 0 heterocycles. The van der Waals surface area contributed by atoms with Crippen LogP contribution in [0.15, 0.2) is 72.8 Å². The molecule has 6 rings (SSSR count). The lowest BCUT2D eigenvalue weighted by Gasteiger charge is -2.36. The number of phenolic OH excluding ortho intramolecular Hbond substituents is 6. The van der Waals surface area contributed by atoms with Gasteiger partial charge in [0.2, 0.25) is 0 Å². The number of rotatable bonds is 17. The maximum atomic E-state index is 16.5. The van der Waals surface area contributed by atoms with Crippen LogP contribution in [0, 0.1) is 0 Å². The van der Waals surface area contributed by atoms with Crippen LogP contribution in [0.1, 0.15) is 378 Å². The molecule has 6 N–H and O–H groups in total. The first-order chi connectivity index (χ1) is 51.1. The molecular weight excluding hydrogens is 1440 g/mol. The average molecular weight is 1580 g/mol. The number of hydrogen-bond acceptors (Lipinski definition) is 18. The first-order valence-corrected chi connectivity index (χ1v) is 39.6. The van der Waals surface area contributed by atoms with Gasteiger partial charge in [0.1, 0.15) is 47.7 Å². The van der Waals surface area contributed by atoms with Crippen LogP contribution in [0.25, 0.3) is 0 Å². The molecule has 0 spiro atoms. The van der Waals surface area contributed by atoms with Crippen molar-refractivity contribution < 1.29 is 87.8 Å². The van der Waals surface area contributed by atoms with Crippen LogP contribution in [-0.4, -0.2) is 104 Å². The highest BCUT2D eigenvalue weighted by atomic mass is 16.6. The monoisotopic (exact) mass is 1570 g/mol. The molecule has 0 aliphatic rings. The number of ether oxygens (including phenoxy) is 6. The standard InChI is InChI=1S/C96H134O18/c1-85(2,3)57-37-51(38-58(71(57)97)86(4,5)6)79(103)109-49-69(111-81(105)53-41-61(89(13,14)15)73(99)62(42-53)90(16,17)18)77(113-83(107)55-45-65(93(25,26)27)75(101)66(46-55)94(28,29)30)78(114-84(108)56-47-67(95(31,32)33)76(102)68(48-56)96(34,35)36)70(112-82(106)54-43-63(91(19,20)21)74(100)64(44-54)92(22,23)24)50-110-80(104)52-39-59(87(7,8)9)72(98)60(40-52)88(10,11)12/h37-48,69-70,77-78,97-102H,49-50H2,1-36H3/t69-,70+,77-,78-/m1/s1. The van der Waals surface area contributed by atoms with E-state index in [2.05, 4.69) is 0 Å².